The number of hydrogen-bond donors (Lipinski definition) is 0. The molecule has 13 heavy (non-hydrogen) atoms. The molecule has 0 aliphatic heterocycles. The van der Waals surface area contributed by atoms with Gasteiger partial charge in [0.05, 0.1) is 0 Å². The molecule has 0 aromatic carbocycles. The number of fused-ring (bicyclic) bond motifs is 3. The van der Waals surface area contributed by atoms with E-state index in [4.69, 9.17) is 0 Å². The standard InChI is InChI=1S/C13H12/c1-2-6-12-10(4-1)8-9-11-5-3-7-13(11)12/h1-3,5,7-9,12H,4,6H2. The van der Waals surface area contributed by atoms with Crippen LogP contribution in [0.5, 0.6) is 0 Å². The van der Waals surface area contributed by atoms with Crippen molar-refractivity contribution in [2.45, 2.75) is 12.8 Å². The van der Waals surface area contributed by atoms with Crippen molar-refractivity contribution in [2.75, 3.05) is 0 Å². The molecule has 0 N–H and O–H groups in total. The van der Waals surface area contributed by atoms with E-state index in [1.165, 1.54) is 17.6 Å². The summed E-state index contributed by atoms with van der Waals surface area (Å²) in [5, 5.41) is 0. The summed E-state index contributed by atoms with van der Waals surface area (Å²) < 4.78 is 0. The minimum absolute atomic E-state index is 0.681. The zero-order valence-corrected chi connectivity index (χ0v) is 7.53. The van der Waals surface area contributed by atoms with Crippen LogP contribution in [0.25, 0.3) is 0 Å². The van der Waals surface area contributed by atoms with Crippen molar-refractivity contribution in [3.8, 4) is 0 Å². The molecule has 0 radical (unpaired) electrons. The van der Waals surface area contributed by atoms with E-state index in [0.29, 0.717) is 5.92 Å². The lowest BCUT2D eigenvalue weighted by Crippen LogP contribution is -2.12. The van der Waals surface area contributed by atoms with Crippen LogP contribution >= 0.6 is 0 Å². The van der Waals surface area contributed by atoms with Crippen LogP contribution in [0.2, 0.25) is 0 Å². The number of hydrogen-bond acceptors (Lipinski definition) is 0. The van der Waals surface area contributed by atoms with Crippen molar-refractivity contribution in [2.24, 2.45) is 5.92 Å². The Hall–Kier alpha value is -1.30. The van der Waals surface area contributed by atoms with Crippen molar-refractivity contribution in [1.29, 1.82) is 0 Å². The topological polar surface area (TPSA) is 0 Å². The van der Waals surface area contributed by atoms with Crippen molar-refractivity contribution in [1.82, 2.24) is 0 Å². The molecule has 0 spiro atoms. The van der Waals surface area contributed by atoms with Gasteiger partial charge in [0.1, 0.15) is 0 Å². The minimum Gasteiger partial charge on any atom is -0.0873 e. The highest BCUT2D eigenvalue weighted by Crippen LogP contribution is 2.40. The zero-order chi connectivity index (χ0) is 8.67. The van der Waals surface area contributed by atoms with E-state index in [-0.39, 0.29) is 0 Å². The summed E-state index contributed by atoms with van der Waals surface area (Å²) in [4.78, 5) is 0. The smallest absolute Gasteiger partial charge is 0.00948 e. The molecule has 0 nitrogen and oxygen atoms in total. The second-order valence-corrected chi connectivity index (χ2v) is 3.81. The quantitative estimate of drug-likeness (QED) is 0.487. The maximum atomic E-state index is 2.31. The third-order valence-electron chi connectivity index (χ3n) is 3.08. The summed E-state index contributed by atoms with van der Waals surface area (Å²) in [6.45, 7) is 0. The van der Waals surface area contributed by atoms with Gasteiger partial charge in [-0.25, -0.2) is 0 Å². The first-order chi connectivity index (χ1) is 6.45. The van der Waals surface area contributed by atoms with Gasteiger partial charge in [0.2, 0.25) is 0 Å². The first-order valence-electron chi connectivity index (χ1n) is 4.89. The number of rotatable bonds is 0. The van der Waals surface area contributed by atoms with E-state index in [1.807, 2.05) is 0 Å². The summed E-state index contributed by atoms with van der Waals surface area (Å²) in [5.41, 5.74) is 4.53. The van der Waals surface area contributed by atoms with Crippen molar-refractivity contribution >= 4 is 0 Å². The fraction of sp³-hybridized carbons (Fsp3) is 0.231. The maximum Gasteiger partial charge on any atom is 0.00948 e. The Morgan fingerprint density at radius 1 is 1.08 bits per heavy atom. The molecule has 1 atom stereocenters. The zero-order valence-electron chi connectivity index (χ0n) is 7.53. The van der Waals surface area contributed by atoms with Crippen molar-refractivity contribution < 1.29 is 0 Å². The highest BCUT2D eigenvalue weighted by molar-refractivity contribution is 5.57. The van der Waals surface area contributed by atoms with Crippen LogP contribution in [0.1, 0.15) is 12.8 Å². The molecular formula is C13H12. The van der Waals surface area contributed by atoms with E-state index in [1.54, 1.807) is 5.57 Å². The third kappa shape index (κ3) is 0.983. The fourth-order valence-corrected chi connectivity index (χ4v) is 2.37. The normalized spacial score (nSPS) is 28.9. The molecule has 3 aliphatic rings. The molecule has 0 aromatic rings. The summed E-state index contributed by atoms with van der Waals surface area (Å²) in [7, 11) is 0. The molecule has 0 heterocycles. The molecule has 1 unspecified atom stereocenters. The van der Waals surface area contributed by atoms with Gasteiger partial charge >= 0.3 is 0 Å². The molecule has 3 aliphatic carbocycles. The Morgan fingerprint density at radius 3 is 3.08 bits per heavy atom. The highest BCUT2D eigenvalue weighted by Gasteiger charge is 2.24. The van der Waals surface area contributed by atoms with Crippen molar-refractivity contribution in [3.05, 3.63) is 59.3 Å². The predicted molar refractivity (Wildman–Crippen MR) is 55.3 cm³/mol. The van der Waals surface area contributed by atoms with Crippen molar-refractivity contribution in [3.63, 3.8) is 0 Å². The summed E-state index contributed by atoms with van der Waals surface area (Å²) >= 11 is 0. The van der Waals surface area contributed by atoms with Crippen LogP contribution in [0.15, 0.2) is 59.3 Å². The summed E-state index contributed by atoms with van der Waals surface area (Å²) in [6.07, 6.45) is 18.1. The molecule has 0 saturated carbocycles. The molecule has 0 heteroatoms. The van der Waals surface area contributed by atoms with E-state index in [0.717, 1.165) is 6.42 Å². The number of allylic oxidation sites excluding steroid dienone is 10. The van der Waals surface area contributed by atoms with Gasteiger partial charge in [-0.15, -0.1) is 0 Å². The third-order valence-corrected chi connectivity index (χ3v) is 3.08. The van der Waals surface area contributed by atoms with Gasteiger partial charge in [0.25, 0.3) is 0 Å². The SMILES string of the molecule is C1=CC2=CC=C3CC=CCC3C2=C1. The molecule has 64 valence electrons. The average Bonchev–Trinajstić information content (AvgIpc) is 2.65. The monoisotopic (exact) mass is 168 g/mol. The van der Waals surface area contributed by atoms with Crippen LogP contribution in [-0.2, 0) is 0 Å². The average molecular weight is 168 g/mol. The first kappa shape index (κ1) is 7.14. The maximum absolute atomic E-state index is 2.31. The highest BCUT2D eigenvalue weighted by atomic mass is 14.3. The Labute approximate surface area is 78.7 Å². The summed E-state index contributed by atoms with van der Waals surface area (Å²) in [6, 6.07) is 0. The van der Waals surface area contributed by atoms with E-state index in [2.05, 4.69) is 42.5 Å². The molecule has 0 bridgehead atoms. The van der Waals surface area contributed by atoms with Gasteiger partial charge in [-0.2, -0.15) is 0 Å². The lowest BCUT2D eigenvalue weighted by atomic mass is 9.78. The van der Waals surface area contributed by atoms with Crippen LogP contribution in [0.4, 0.5) is 0 Å². The van der Waals surface area contributed by atoms with Gasteiger partial charge in [0, 0.05) is 5.92 Å². The Balaban J connectivity index is 2.08. The van der Waals surface area contributed by atoms with Gasteiger partial charge in [-0.3, -0.25) is 0 Å². The Bertz CT molecular complexity index is 386. The van der Waals surface area contributed by atoms with Crippen LogP contribution < -0.4 is 0 Å². The van der Waals surface area contributed by atoms with Gasteiger partial charge in [-0.05, 0) is 24.0 Å². The molecular weight excluding hydrogens is 156 g/mol. The van der Waals surface area contributed by atoms with Gasteiger partial charge < -0.3 is 0 Å². The lowest BCUT2D eigenvalue weighted by Gasteiger charge is -2.26. The molecule has 0 amide bonds. The van der Waals surface area contributed by atoms with Crippen LogP contribution in [-0.4, -0.2) is 0 Å². The fourth-order valence-electron chi connectivity index (χ4n) is 2.37. The minimum atomic E-state index is 0.681. The molecule has 0 aromatic heterocycles. The first-order valence-corrected chi connectivity index (χ1v) is 4.89. The predicted octanol–water partition coefficient (Wildman–Crippen LogP) is 3.32. The summed E-state index contributed by atoms with van der Waals surface area (Å²) in [5.74, 6) is 0.681. The molecule has 3 rings (SSSR count). The Kier molecular flexibility index (Phi) is 1.42. The van der Waals surface area contributed by atoms with Gasteiger partial charge in [0.15, 0.2) is 0 Å². The van der Waals surface area contributed by atoms with E-state index < -0.39 is 0 Å². The van der Waals surface area contributed by atoms with Gasteiger partial charge in [-0.1, -0.05) is 48.1 Å². The van der Waals surface area contributed by atoms with Crippen LogP contribution in [0, 0.1) is 5.92 Å². The lowest BCUT2D eigenvalue weighted by molar-refractivity contribution is 0.692. The second kappa shape index (κ2) is 2.59. The molecule has 0 saturated heterocycles. The largest absolute Gasteiger partial charge is 0.0873 e. The second-order valence-electron chi connectivity index (χ2n) is 3.81. The van der Waals surface area contributed by atoms with E-state index >= 15 is 0 Å². The Morgan fingerprint density at radius 2 is 2.08 bits per heavy atom. The molecule has 0 fully saturated rings. The van der Waals surface area contributed by atoms with E-state index in [9.17, 15) is 0 Å². The van der Waals surface area contributed by atoms with Crippen LogP contribution in [0.3, 0.4) is 0 Å².